The molecule has 1 aromatic carbocycles. The van der Waals surface area contributed by atoms with E-state index in [4.69, 9.17) is 10.5 Å². The molecule has 0 aromatic heterocycles. The number of carbonyl (C=O) groups is 1. The Bertz CT molecular complexity index is 519. The Morgan fingerprint density at radius 1 is 1.53 bits per heavy atom. The van der Waals surface area contributed by atoms with Gasteiger partial charge in [-0.25, -0.2) is 0 Å². The minimum Gasteiger partial charge on any atom is -0.505 e. The van der Waals surface area contributed by atoms with E-state index in [1.54, 1.807) is 0 Å². The zero-order valence-electron chi connectivity index (χ0n) is 9.91. The normalized spacial score (nSPS) is 22.2. The molecule has 1 amide bonds. The molecular formula is C11H13N3O5. The largest absolute Gasteiger partial charge is 0.505 e. The van der Waals surface area contributed by atoms with Crippen LogP contribution in [0, 0.1) is 16.0 Å². The third-order valence-electron chi connectivity index (χ3n) is 2.93. The number of benzene rings is 1. The van der Waals surface area contributed by atoms with Crippen LogP contribution in [0.15, 0.2) is 18.2 Å². The number of rotatable bonds is 3. The second kappa shape index (κ2) is 5.21. The molecule has 1 fully saturated rings. The zero-order valence-corrected chi connectivity index (χ0v) is 9.91. The van der Waals surface area contributed by atoms with Crippen LogP contribution in [0.1, 0.15) is 0 Å². The number of phenols is 1. The Labute approximate surface area is 108 Å². The summed E-state index contributed by atoms with van der Waals surface area (Å²) in [5, 5.41) is 22.8. The van der Waals surface area contributed by atoms with Crippen molar-refractivity contribution in [2.75, 3.05) is 18.5 Å². The smallest absolute Gasteiger partial charge is 0.296 e. The van der Waals surface area contributed by atoms with E-state index in [9.17, 15) is 20.0 Å². The molecule has 0 radical (unpaired) electrons. The molecule has 1 aliphatic rings. The molecule has 0 saturated carbocycles. The van der Waals surface area contributed by atoms with Crippen LogP contribution >= 0.6 is 0 Å². The number of para-hydroxylation sites is 1. The summed E-state index contributed by atoms with van der Waals surface area (Å²) in [6.07, 6.45) is 0. The van der Waals surface area contributed by atoms with Crippen LogP contribution in [0.2, 0.25) is 0 Å². The average Bonchev–Trinajstić information content (AvgIpc) is 2.77. The lowest BCUT2D eigenvalue weighted by Crippen LogP contribution is -2.37. The predicted molar refractivity (Wildman–Crippen MR) is 65.7 cm³/mol. The van der Waals surface area contributed by atoms with Gasteiger partial charge in [0.2, 0.25) is 5.91 Å². The molecule has 0 bridgehead atoms. The van der Waals surface area contributed by atoms with Gasteiger partial charge in [0.25, 0.3) is 5.69 Å². The molecule has 102 valence electrons. The van der Waals surface area contributed by atoms with Crippen LogP contribution in [-0.4, -0.2) is 35.2 Å². The van der Waals surface area contributed by atoms with Gasteiger partial charge in [-0.15, -0.1) is 0 Å². The van der Waals surface area contributed by atoms with Gasteiger partial charge in [-0.2, -0.15) is 0 Å². The number of carbonyl (C=O) groups excluding carboxylic acids is 1. The third kappa shape index (κ3) is 2.64. The molecule has 0 spiro atoms. The molecule has 8 heteroatoms. The summed E-state index contributed by atoms with van der Waals surface area (Å²) in [4.78, 5) is 22.1. The Morgan fingerprint density at radius 2 is 2.26 bits per heavy atom. The van der Waals surface area contributed by atoms with E-state index >= 15 is 0 Å². The fraction of sp³-hybridized carbons (Fsp3) is 0.364. The van der Waals surface area contributed by atoms with Gasteiger partial charge in [-0.1, -0.05) is 6.07 Å². The molecule has 1 aromatic rings. The van der Waals surface area contributed by atoms with Gasteiger partial charge in [0.15, 0.2) is 5.69 Å². The van der Waals surface area contributed by atoms with Gasteiger partial charge >= 0.3 is 0 Å². The molecular weight excluding hydrogens is 254 g/mol. The predicted octanol–water partition coefficient (Wildman–Crippen LogP) is 0.213. The van der Waals surface area contributed by atoms with Crippen molar-refractivity contribution >= 4 is 17.3 Å². The van der Waals surface area contributed by atoms with Gasteiger partial charge in [0.05, 0.1) is 24.1 Å². The molecule has 1 saturated heterocycles. The summed E-state index contributed by atoms with van der Waals surface area (Å²) in [5.74, 6) is -1.45. The molecule has 2 atom stereocenters. The van der Waals surface area contributed by atoms with Crippen molar-refractivity contribution in [3.05, 3.63) is 28.3 Å². The molecule has 0 aliphatic carbocycles. The van der Waals surface area contributed by atoms with E-state index in [-0.39, 0.29) is 30.3 Å². The van der Waals surface area contributed by atoms with Crippen LogP contribution in [0.3, 0.4) is 0 Å². The number of hydrogen-bond acceptors (Lipinski definition) is 6. The van der Waals surface area contributed by atoms with Crippen LogP contribution < -0.4 is 11.1 Å². The second-order valence-electron chi connectivity index (χ2n) is 4.23. The lowest BCUT2D eigenvalue weighted by atomic mass is 10.0. The molecule has 2 unspecified atom stereocenters. The van der Waals surface area contributed by atoms with Crippen molar-refractivity contribution < 1.29 is 19.6 Å². The number of nitro groups is 1. The summed E-state index contributed by atoms with van der Waals surface area (Å²) in [6.45, 7) is 0.426. The van der Waals surface area contributed by atoms with E-state index in [1.807, 2.05) is 0 Å². The van der Waals surface area contributed by atoms with Crippen LogP contribution in [0.25, 0.3) is 0 Å². The van der Waals surface area contributed by atoms with Crippen molar-refractivity contribution in [2.24, 2.45) is 11.7 Å². The quantitative estimate of drug-likeness (QED) is 0.408. The number of nitrogens with two attached hydrogens (primary N) is 1. The number of nitrogens with one attached hydrogen (secondary N) is 1. The zero-order chi connectivity index (χ0) is 14.0. The van der Waals surface area contributed by atoms with Crippen molar-refractivity contribution in [3.63, 3.8) is 0 Å². The second-order valence-corrected chi connectivity index (χ2v) is 4.23. The highest BCUT2D eigenvalue weighted by Crippen LogP contribution is 2.33. The first-order chi connectivity index (χ1) is 9.00. The molecule has 4 N–H and O–H groups in total. The lowest BCUT2D eigenvalue weighted by Gasteiger charge is -2.14. The highest BCUT2D eigenvalue weighted by Gasteiger charge is 2.33. The van der Waals surface area contributed by atoms with E-state index < -0.39 is 22.8 Å². The first kappa shape index (κ1) is 13.2. The standard InChI is InChI=1S/C11H13N3O5/c12-7-5-19-4-6(7)11(16)13-10-8(14(17)18)2-1-3-9(10)15/h1-3,6-7,15H,4-5,12H2,(H,13,16). The highest BCUT2D eigenvalue weighted by atomic mass is 16.6. The number of nitro benzene ring substituents is 1. The van der Waals surface area contributed by atoms with E-state index in [0.717, 1.165) is 0 Å². The number of phenolic OH excluding ortho intramolecular Hbond substituents is 1. The minimum atomic E-state index is -0.680. The first-order valence-corrected chi connectivity index (χ1v) is 5.61. The molecule has 1 heterocycles. The Morgan fingerprint density at radius 3 is 2.84 bits per heavy atom. The van der Waals surface area contributed by atoms with Crippen LogP contribution in [0.4, 0.5) is 11.4 Å². The monoisotopic (exact) mass is 267 g/mol. The number of anilines is 1. The van der Waals surface area contributed by atoms with Gasteiger partial charge in [-0.3, -0.25) is 14.9 Å². The maximum absolute atomic E-state index is 11.9. The van der Waals surface area contributed by atoms with Crippen molar-refractivity contribution in [2.45, 2.75) is 6.04 Å². The van der Waals surface area contributed by atoms with Gasteiger partial charge in [0.1, 0.15) is 5.75 Å². The Balaban J connectivity index is 2.23. The third-order valence-corrected chi connectivity index (χ3v) is 2.93. The molecule has 1 aliphatic heterocycles. The van der Waals surface area contributed by atoms with Crippen molar-refractivity contribution in [3.8, 4) is 5.75 Å². The minimum absolute atomic E-state index is 0.161. The SMILES string of the molecule is NC1COCC1C(=O)Nc1c(O)cccc1[N+](=O)[O-]. The number of amides is 1. The summed E-state index contributed by atoms with van der Waals surface area (Å²) in [5.41, 5.74) is 5.09. The molecule has 2 rings (SSSR count). The highest BCUT2D eigenvalue weighted by molar-refractivity contribution is 5.97. The fourth-order valence-corrected chi connectivity index (χ4v) is 1.87. The Hall–Kier alpha value is -2.19. The number of hydrogen-bond donors (Lipinski definition) is 3. The summed E-state index contributed by atoms with van der Waals surface area (Å²) in [7, 11) is 0. The summed E-state index contributed by atoms with van der Waals surface area (Å²) < 4.78 is 5.05. The van der Waals surface area contributed by atoms with E-state index in [0.29, 0.717) is 0 Å². The molecule has 19 heavy (non-hydrogen) atoms. The van der Waals surface area contributed by atoms with E-state index in [1.165, 1.54) is 18.2 Å². The van der Waals surface area contributed by atoms with E-state index in [2.05, 4.69) is 5.32 Å². The average molecular weight is 267 g/mol. The Kier molecular flexibility index (Phi) is 3.63. The number of aromatic hydroxyl groups is 1. The number of nitrogens with zero attached hydrogens (tertiary/aromatic N) is 1. The first-order valence-electron chi connectivity index (χ1n) is 5.61. The van der Waals surface area contributed by atoms with Crippen molar-refractivity contribution in [1.29, 1.82) is 0 Å². The summed E-state index contributed by atoms with van der Waals surface area (Å²) in [6, 6.07) is 3.33. The van der Waals surface area contributed by atoms with Gasteiger partial charge in [0, 0.05) is 12.1 Å². The van der Waals surface area contributed by atoms with Crippen molar-refractivity contribution in [1.82, 2.24) is 0 Å². The maximum Gasteiger partial charge on any atom is 0.296 e. The topological polar surface area (TPSA) is 128 Å². The number of ether oxygens (including phenoxy) is 1. The fourth-order valence-electron chi connectivity index (χ4n) is 1.87. The molecule has 8 nitrogen and oxygen atoms in total. The summed E-state index contributed by atoms with van der Waals surface area (Å²) >= 11 is 0. The van der Waals surface area contributed by atoms with Gasteiger partial charge < -0.3 is 20.9 Å². The van der Waals surface area contributed by atoms with Crippen LogP contribution in [0.5, 0.6) is 5.75 Å². The maximum atomic E-state index is 11.9. The lowest BCUT2D eigenvalue weighted by molar-refractivity contribution is -0.384. The van der Waals surface area contributed by atoms with Gasteiger partial charge in [-0.05, 0) is 6.07 Å². The van der Waals surface area contributed by atoms with Crippen LogP contribution in [-0.2, 0) is 9.53 Å².